The lowest BCUT2D eigenvalue weighted by Crippen LogP contribution is -2.37. The van der Waals surface area contributed by atoms with Crippen molar-refractivity contribution in [2.24, 2.45) is 0 Å². The molecule has 0 saturated carbocycles. The summed E-state index contributed by atoms with van der Waals surface area (Å²) in [5.74, 6) is -0.0924. The number of fused-ring (bicyclic) bond motifs is 1. The Morgan fingerprint density at radius 3 is 2.82 bits per heavy atom. The van der Waals surface area contributed by atoms with Crippen LogP contribution in [0, 0.1) is 0 Å². The fourth-order valence-electron chi connectivity index (χ4n) is 2.75. The number of nitrogens with one attached hydrogen (secondary N) is 1. The average Bonchev–Trinajstić information content (AvgIpc) is 2.80. The zero-order chi connectivity index (χ0) is 15.7. The molecule has 0 aliphatic carbocycles. The monoisotopic (exact) mass is 322 g/mol. The van der Waals surface area contributed by atoms with Gasteiger partial charge in [0.05, 0.1) is 23.5 Å². The molecule has 2 heterocycles. The van der Waals surface area contributed by atoms with Crippen molar-refractivity contribution in [3.63, 3.8) is 0 Å². The molecule has 118 valence electrons. The lowest BCUT2D eigenvalue weighted by Gasteiger charge is -2.21. The summed E-state index contributed by atoms with van der Waals surface area (Å²) in [6.07, 6.45) is 3.52. The molecular weight excluding hydrogens is 304 g/mol. The molecule has 1 N–H and O–H groups in total. The molecule has 1 aliphatic heterocycles. The third-order valence-corrected chi connectivity index (χ3v) is 5.22. The van der Waals surface area contributed by atoms with Crippen LogP contribution in [-0.4, -0.2) is 66.2 Å². The van der Waals surface area contributed by atoms with Crippen molar-refractivity contribution in [3.8, 4) is 0 Å². The highest BCUT2D eigenvalue weighted by Crippen LogP contribution is 2.18. The van der Waals surface area contributed by atoms with Crippen LogP contribution in [0.5, 0.6) is 0 Å². The van der Waals surface area contributed by atoms with Crippen LogP contribution in [0.25, 0.3) is 10.9 Å². The minimum atomic E-state index is -3.21. The molecule has 1 aromatic carbocycles. The number of para-hydroxylation sites is 1. The van der Waals surface area contributed by atoms with Crippen molar-refractivity contribution in [2.75, 3.05) is 32.4 Å². The van der Waals surface area contributed by atoms with E-state index in [1.54, 1.807) is 17.2 Å². The molecule has 2 aromatic rings. The van der Waals surface area contributed by atoms with Crippen molar-refractivity contribution in [2.45, 2.75) is 6.42 Å². The molecule has 7 nitrogen and oxygen atoms in total. The quantitative estimate of drug-likeness (QED) is 0.880. The van der Waals surface area contributed by atoms with Crippen molar-refractivity contribution in [1.82, 2.24) is 19.4 Å². The third-order valence-electron chi connectivity index (χ3n) is 3.92. The van der Waals surface area contributed by atoms with E-state index in [0.29, 0.717) is 38.2 Å². The molecule has 0 spiro atoms. The molecule has 3 rings (SSSR count). The Balaban J connectivity index is 1.82. The van der Waals surface area contributed by atoms with Crippen molar-refractivity contribution in [1.29, 1.82) is 0 Å². The first-order chi connectivity index (χ1) is 10.5. The van der Waals surface area contributed by atoms with E-state index in [4.69, 9.17) is 0 Å². The zero-order valence-corrected chi connectivity index (χ0v) is 13.1. The number of rotatable bonds is 2. The van der Waals surface area contributed by atoms with Crippen molar-refractivity contribution < 1.29 is 13.2 Å². The Hall–Kier alpha value is -1.93. The summed E-state index contributed by atoms with van der Waals surface area (Å²) in [6, 6.07) is 5.48. The Bertz CT molecular complexity index is 799. The van der Waals surface area contributed by atoms with Crippen LogP contribution in [0.15, 0.2) is 24.4 Å². The minimum absolute atomic E-state index is 0.0924. The minimum Gasteiger partial charge on any atom is -0.337 e. The second kappa shape index (κ2) is 5.69. The highest BCUT2D eigenvalue weighted by atomic mass is 32.2. The van der Waals surface area contributed by atoms with Gasteiger partial charge in [0, 0.05) is 31.6 Å². The summed E-state index contributed by atoms with van der Waals surface area (Å²) < 4.78 is 24.7. The predicted octanol–water partition coefficient (Wildman–Crippen LogP) is 0.670. The van der Waals surface area contributed by atoms with Crippen molar-refractivity contribution in [3.05, 3.63) is 30.0 Å². The summed E-state index contributed by atoms with van der Waals surface area (Å²) in [5, 5.41) is 7.71. The maximum absolute atomic E-state index is 12.7. The first kappa shape index (κ1) is 15.0. The van der Waals surface area contributed by atoms with Crippen LogP contribution in [0.4, 0.5) is 0 Å². The maximum Gasteiger partial charge on any atom is 0.256 e. The van der Waals surface area contributed by atoms with Crippen LogP contribution in [-0.2, 0) is 10.0 Å². The number of H-pyrrole nitrogens is 1. The first-order valence-corrected chi connectivity index (χ1v) is 8.98. The molecule has 1 saturated heterocycles. The molecule has 1 fully saturated rings. The summed E-state index contributed by atoms with van der Waals surface area (Å²) in [7, 11) is -3.21. The SMILES string of the molecule is CS(=O)(=O)N1CCCN(C(=O)c2cccc3cn[nH]c23)CC1. The van der Waals surface area contributed by atoms with Gasteiger partial charge in [-0.05, 0) is 12.5 Å². The molecule has 22 heavy (non-hydrogen) atoms. The molecule has 1 amide bonds. The topological polar surface area (TPSA) is 86.4 Å². The van der Waals surface area contributed by atoms with Crippen molar-refractivity contribution >= 4 is 26.8 Å². The largest absolute Gasteiger partial charge is 0.337 e. The maximum atomic E-state index is 12.7. The summed E-state index contributed by atoms with van der Waals surface area (Å²) >= 11 is 0. The Morgan fingerprint density at radius 2 is 2.05 bits per heavy atom. The number of amides is 1. The number of nitrogens with zero attached hydrogens (tertiary/aromatic N) is 3. The lowest BCUT2D eigenvalue weighted by molar-refractivity contribution is 0.0766. The molecule has 8 heteroatoms. The second-order valence-electron chi connectivity index (χ2n) is 5.45. The standard InChI is InChI=1S/C14H18N4O3S/c1-22(20,21)18-7-3-6-17(8-9-18)14(19)12-5-2-4-11-10-15-16-13(11)12/h2,4-5,10H,3,6-9H2,1H3,(H,15,16). The van der Waals surface area contributed by atoms with Gasteiger partial charge in [0.25, 0.3) is 5.91 Å². The van der Waals surface area contributed by atoms with Gasteiger partial charge in [-0.3, -0.25) is 9.89 Å². The van der Waals surface area contributed by atoms with E-state index >= 15 is 0 Å². The van der Waals surface area contributed by atoms with Crippen LogP contribution < -0.4 is 0 Å². The number of sulfonamides is 1. The first-order valence-electron chi connectivity index (χ1n) is 7.13. The van der Waals surface area contributed by atoms with E-state index in [1.165, 1.54) is 10.6 Å². The van der Waals surface area contributed by atoms with Crippen LogP contribution in [0.3, 0.4) is 0 Å². The van der Waals surface area contributed by atoms with Crippen LogP contribution >= 0.6 is 0 Å². The summed E-state index contributed by atoms with van der Waals surface area (Å²) in [6.45, 7) is 1.74. The van der Waals surface area contributed by atoms with Gasteiger partial charge in [0.15, 0.2) is 0 Å². The molecule has 1 aliphatic rings. The van der Waals surface area contributed by atoms with Gasteiger partial charge < -0.3 is 4.90 Å². The van der Waals surface area contributed by atoms with E-state index in [9.17, 15) is 13.2 Å². The lowest BCUT2D eigenvalue weighted by atomic mass is 10.1. The summed E-state index contributed by atoms with van der Waals surface area (Å²) in [4.78, 5) is 14.4. The molecule has 0 bridgehead atoms. The van der Waals surface area contributed by atoms with Gasteiger partial charge in [-0.2, -0.15) is 5.10 Å². The fourth-order valence-corrected chi connectivity index (χ4v) is 3.62. The molecule has 0 unspecified atom stereocenters. The Kier molecular flexibility index (Phi) is 3.88. The molecule has 0 atom stereocenters. The fraction of sp³-hybridized carbons (Fsp3) is 0.429. The number of carbonyl (C=O) groups excluding carboxylic acids is 1. The van der Waals surface area contributed by atoms with Crippen LogP contribution in [0.2, 0.25) is 0 Å². The highest BCUT2D eigenvalue weighted by molar-refractivity contribution is 7.88. The Labute approximate surface area is 129 Å². The van der Waals surface area contributed by atoms with Gasteiger partial charge in [-0.15, -0.1) is 0 Å². The molecule has 0 radical (unpaired) electrons. The van der Waals surface area contributed by atoms with Gasteiger partial charge in [-0.25, -0.2) is 12.7 Å². The number of benzene rings is 1. The van der Waals surface area contributed by atoms with Gasteiger partial charge in [-0.1, -0.05) is 12.1 Å². The second-order valence-corrected chi connectivity index (χ2v) is 7.43. The number of carbonyl (C=O) groups is 1. The highest BCUT2D eigenvalue weighted by Gasteiger charge is 2.25. The normalized spacial score (nSPS) is 17.6. The summed E-state index contributed by atoms with van der Waals surface area (Å²) in [5.41, 5.74) is 1.29. The van der Waals surface area contributed by atoms with E-state index < -0.39 is 10.0 Å². The van der Waals surface area contributed by atoms with E-state index in [0.717, 1.165) is 10.9 Å². The van der Waals surface area contributed by atoms with Gasteiger partial charge in [0.2, 0.25) is 10.0 Å². The smallest absolute Gasteiger partial charge is 0.256 e. The molecular formula is C14H18N4O3S. The number of hydrogen-bond donors (Lipinski definition) is 1. The zero-order valence-electron chi connectivity index (χ0n) is 12.3. The number of aromatic nitrogens is 2. The van der Waals surface area contributed by atoms with E-state index in [2.05, 4.69) is 10.2 Å². The number of hydrogen-bond acceptors (Lipinski definition) is 4. The van der Waals surface area contributed by atoms with Gasteiger partial charge in [0.1, 0.15) is 0 Å². The predicted molar refractivity (Wildman–Crippen MR) is 83.0 cm³/mol. The third kappa shape index (κ3) is 2.84. The molecule has 1 aromatic heterocycles. The van der Waals surface area contributed by atoms with Gasteiger partial charge >= 0.3 is 0 Å². The number of aromatic amines is 1. The Morgan fingerprint density at radius 1 is 1.23 bits per heavy atom. The van der Waals surface area contributed by atoms with E-state index in [-0.39, 0.29) is 5.91 Å². The average molecular weight is 322 g/mol. The van der Waals surface area contributed by atoms with Crippen LogP contribution in [0.1, 0.15) is 16.8 Å². The van der Waals surface area contributed by atoms with E-state index in [1.807, 2.05) is 12.1 Å².